The number of fused-ring (bicyclic) bond motifs is 1. The van der Waals surface area contributed by atoms with Crippen LogP contribution < -0.4 is 11.5 Å². The minimum absolute atomic E-state index is 0.0412. The quantitative estimate of drug-likeness (QED) is 0.388. The number of rotatable bonds is 3. The standard InChI is InChI=1S/C21H15F3N6/c22-21(23,24)15-9-3-1-6-12(15)19-28-16-10-4-2-7-13(16)20(30-19)29-18(26)14-8-5-11-27-17(14)25/h1-11H,(H2,25,27)(H2,26,28,29,30). The number of hydrogen-bond acceptors (Lipinski definition) is 5. The predicted molar refractivity (Wildman–Crippen MR) is 109 cm³/mol. The number of benzene rings is 2. The van der Waals surface area contributed by atoms with Crippen molar-refractivity contribution in [3.63, 3.8) is 0 Å². The van der Waals surface area contributed by atoms with Gasteiger partial charge in [-0.1, -0.05) is 30.3 Å². The van der Waals surface area contributed by atoms with Crippen molar-refractivity contribution in [3.05, 3.63) is 78.0 Å². The van der Waals surface area contributed by atoms with E-state index in [1.54, 1.807) is 36.4 Å². The van der Waals surface area contributed by atoms with Gasteiger partial charge < -0.3 is 11.5 Å². The van der Waals surface area contributed by atoms with E-state index >= 15 is 0 Å². The van der Waals surface area contributed by atoms with Crippen molar-refractivity contribution >= 4 is 28.4 Å². The molecule has 0 radical (unpaired) electrons. The summed E-state index contributed by atoms with van der Waals surface area (Å²) in [5.74, 6) is 0.250. The van der Waals surface area contributed by atoms with E-state index in [9.17, 15) is 13.2 Å². The summed E-state index contributed by atoms with van der Waals surface area (Å²) in [4.78, 5) is 16.9. The zero-order chi connectivity index (χ0) is 21.3. The highest BCUT2D eigenvalue weighted by Crippen LogP contribution is 2.37. The third-order valence-electron chi connectivity index (χ3n) is 4.40. The zero-order valence-electron chi connectivity index (χ0n) is 15.4. The lowest BCUT2D eigenvalue weighted by Gasteiger charge is -2.13. The molecule has 4 aromatic rings. The number of pyridine rings is 1. The molecule has 2 aromatic heterocycles. The normalized spacial score (nSPS) is 12.3. The molecule has 0 aliphatic rings. The highest BCUT2D eigenvalue weighted by Gasteiger charge is 2.34. The van der Waals surface area contributed by atoms with Crippen LogP contribution in [-0.4, -0.2) is 20.8 Å². The molecule has 0 unspecified atom stereocenters. The average Bonchev–Trinajstić information content (AvgIpc) is 2.73. The van der Waals surface area contributed by atoms with Crippen LogP contribution in [0.3, 0.4) is 0 Å². The number of alkyl halides is 3. The van der Waals surface area contributed by atoms with Crippen molar-refractivity contribution in [1.29, 1.82) is 0 Å². The lowest BCUT2D eigenvalue weighted by Crippen LogP contribution is -2.16. The molecule has 0 saturated heterocycles. The topological polar surface area (TPSA) is 103 Å². The van der Waals surface area contributed by atoms with Crippen molar-refractivity contribution < 1.29 is 13.2 Å². The van der Waals surface area contributed by atoms with E-state index < -0.39 is 11.7 Å². The third-order valence-corrected chi connectivity index (χ3v) is 4.40. The number of hydrogen-bond donors (Lipinski definition) is 2. The van der Waals surface area contributed by atoms with Gasteiger partial charge in [-0.2, -0.15) is 13.2 Å². The van der Waals surface area contributed by atoms with Gasteiger partial charge in [-0.25, -0.2) is 19.9 Å². The molecule has 0 aliphatic heterocycles. The molecule has 0 saturated carbocycles. The molecule has 9 heteroatoms. The maximum Gasteiger partial charge on any atom is 0.417 e. The van der Waals surface area contributed by atoms with Crippen LogP contribution in [0.4, 0.5) is 24.8 Å². The Morgan fingerprint density at radius 1 is 0.900 bits per heavy atom. The summed E-state index contributed by atoms with van der Waals surface area (Å²) in [7, 11) is 0. The molecule has 2 aromatic carbocycles. The van der Waals surface area contributed by atoms with Crippen molar-refractivity contribution in [1.82, 2.24) is 15.0 Å². The SMILES string of the molecule is NC(=Nc1nc(-c2ccccc2C(F)(F)F)nc2ccccc12)c1cccnc1N. The van der Waals surface area contributed by atoms with Gasteiger partial charge in [-0.05, 0) is 30.3 Å². The van der Waals surface area contributed by atoms with Crippen molar-refractivity contribution in [3.8, 4) is 11.4 Å². The van der Waals surface area contributed by atoms with E-state index in [2.05, 4.69) is 19.9 Å². The summed E-state index contributed by atoms with van der Waals surface area (Å²) >= 11 is 0. The Kier molecular flexibility index (Phi) is 4.78. The summed E-state index contributed by atoms with van der Waals surface area (Å²) in [5, 5.41) is 0.538. The van der Waals surface area contributed by atoms with Crippen molar-refractivity contribution in [2.75, 3.05) is 5.73 Å². The summed E-state index contributed by atoms with van der Waals surface area (Å²) in [5.41, 5.74) is 11.8. The van der Waals surface area contributed by atoms with E-state index in [0.29, 0.717) is 16.5 Å². The van der Waals surface area contributed by atoms with Crippen LogP contribution >= 0.6 is 0 Å². The Labute approximate surface area is 169 Å². The van der Waals surface area contributed by atoms with Crippen LogP contribution in [0, 0.1) is 0 Å². The van der Waals surface area contributed by atoms with E-state index in [1.807, 2.05) is 0 Å². The minimum Gasteiger partial charge on any atom is -0.383 e. The molecule has 6 nitrogen and oxygen atoms in total. The van der Waals surface area contributed by atoms with Gasteiger partial charge in [0.2, 0.25) is 0 Å². The van der Waals surface area contributed by atoms with Crippen LogP contribution in [-0.2, 0) is 6.18 Å². The number of amidine groups is 1. The highest BCUT2D eigenvalue weighted by molar-refractivity contribution is 6.04. The second-order valence-corrected chi connectivity index (χ2v) is 6.36. The lowest BCUT2D eigenvalue weighted by molar-refractivity contribution is -0.137. The second kappa shape index (κ2) is 7.43. The number of nitrogen functional groups attached to an aromatic ring is 1. The van der Waals surface area contributed by atoms with Gasteiger partial charge in [0.1, 0.15) is 11.7 Å². The first kappa shape index (κ1) is 19.3. The lowest BCUT2D eigenvalue weighted by atomic mass is 10.1. The van der Waals surface area contributed by atoms with Gasteiger partial charge in [0.15, 0.2) is 11.6 Å². The largest absolute Gasteiger partial charge is 0.417 e. The fraction of sp³-hybridized carbons (Fsp3) is 0.0476. The van der Waals surface area contributed by atoms with Crippen molar-refractivity contribution in [2.24, 2.45) is 10.7 Å². The molecule has 30 heavy (non-hydrogen) atoms. The van der Waals surface area contributed by atoms with Crippen LogP contribution in [0.2, 0.25) is 0 Å². The molecule has 0 fully saturated rings. The fourth-order valence-electron chi connectivity index (χ4n) is 3.00. The molecule has 4 N–H and O–H groups in total. The monoisotopic (exact) mass is 408 g/mol. The second-order valence-electron chi connectivity index (χ2n) is 6.36. The van der Waals surface area contributed by atoms with Crippen molar-refractivity contribution in [2.45, 2.75) is 6.18 Å². The molecule has 2 heterocycles. The summed E-state index contributed by atoms with van der Waals surface area (Å²) < 4.78 is 40.5. The van der Waals surface area contributed by atoms with Gasteiger partial charge in [0.25, 0.3) is 0 Å². The first-order chi connectivity index (χ1) is 14.3. The number of para-hydroxylation sites is 1. The molecule has 0 atom stereocenters. The van der Waals surface area contributed by atoms with Crippen LogP contribution in [0.1, 0.15) is 11.1 Å². The summed E-state index contributed by atoms with van der Waals surface area (Å²) in [6.07, 6.45) is -3.05. The maximum absolute atomic E-state index is 13.5. The Morgan fingerprint density at radius 3 is 2.40 bits per heavy atom. The maximum atomic E-state index is 13.5. The molecule has 0 amide bonds. The van der Waals surface area contributed by atoms with Gasteiger partial charge in [-0.15, -0.1) is 0 Å². The molecular weight excluding hydrogens is 393 g/mol. The van der Waals surface area contributed by atoms with E-state index in [0.717, 1.165) is 6.07 Å². The predicted octanol–water partition coefficient (Wildman–Crippen LogP) is 4.33. The zero-order valence-corrected chi connectivity index (χ0v) is 15.4. The first-order valence-electron chi connectivity index (χ1n) is 8.83. The summed E-state index contributed by atoms with van der Waals surface area (Å²) in [6, 6.07) is 15.3. The number of aromatic nitrogens is 3. The summed E-state index contributed by atoms with van der Waals surface area (Å²) in [6.45, 7) is 0. The fourth-order valence-corrected chi connectivity index (χ4v) is 3.00. The third kappa shape index (κ3) is 3.64. The first-order valence-corrected chi connectivity index (χ1v) is 8.83. The Bertz CT molecular complexity index is 1270. The average molecular weight is 408 g/mol. The smallest absolute Gasteiger partial charge is 0.383 e. The number of nitrogens with zero attached hydrogens (tertiary/aromatic N) is 4. The number of anilines is 1. The number of halogens is 3. The molecule has 0 aliphatic carbocycles. The highest BCUT2D eigenvalue weighted by atomic mass is 19.4. The van der Waals surface area contributed by atoms with E-state index in [1.165, 1.54) is 24.4 Å². The van der Waals surface area contributed by atoms with E-state index in [4.69, 9.17) is 11.5 Å². The molecule has 4 rings (SSSR count). The van der Waals surface area contributed by atoms with Gasteiger partial charge in [0, 0.05) is 17.1 Å². The van der Waals surface area contributed by atoms with Crippen LogP contribution in [0.25, 0.3) is 22.3 Å². The number of aliphatic imine (C=N–C) groups is 1. The van der Waals surface area contributed by atoms with Gasteiger partial charge in [0.05, 0.1) is 16.6 Å². The molecule has 150 valence electrons. The molecule has 0 spiro atoms. The molecular formula is C21H15F3N6. The number of nitrogens with two attached hydrogens (primary N) is 2. The van der Waals surface area contributed by atoms with Gasteiger partial charge in [-0.3, -0.25) is 0 Å². The Hall–Kier alpha value is -4.01. The van der Waals surface area contributed by atoms with Crippen LogP contribution in [0.5, 0.6) is 0 Å². The van der Waals surface area contributed by atoms with Crippen LogP contribution in [0.15, 0.2) is 71.9 Å². The van der Waals surface area contributed by atoms with Gasteiger partial charge >= 0.3 is 6.18 Å². The molecule has 0 bridgehead atoms. The minimum atomic E-state index is -4.56. The Balaban J connectivity index is 1.95. The Morgan fingerprint density at radius 2 is 1.63 bits per heavy atom. The van der Waals surface area contributed by atoms with E-state index in [-0.39, 0.29) is 28.9 Å².